The lowest BCUT2D eigenvalue weighted by molar-refractivity contribution is 0.102. The van der Waals surface area contributed by atoms with Crippen molar-refractivity contribution in [3.8, 4) is 11.4 Å². The largest absolute Gasteiger partial charge is 0.322 e. The number of anilines is 1. The van der Waals surface area contributed by atoms with E-state index in [9.17, 15) is 13.2 Å². The number of sulfonamides is 1. The summed E-state index contributed by atoms with van der Waals surface area (Å²) in [6.07, 6.45) is 0. The average molecular weight is 428 g/mol. The zero-order valence-electron chi connectivity index (χ0n) is 17.6. The number of benzene rings is 2. The maximum absolute atomic E-state index is 12.8. The lowest BCUT2D eigenvalue weighted by atomic mass is 10.1. The third kappa shape index (κ3) is 5.11. The molecule has 1 amide bonds. The van der Waals surface area contributed by atoms with Gasteiger partial charge in [-0.2, -0.15) is 5.10 Å². The first-order chi connectivity index (χ1) is 13.9. The van der Waals surface area contributed by atoms with Crippen molar-refractivity contribution in [2.75, 3.05) is 5.32 Å². The van der Waals surface area contributed by atoms with Gasteiger partial charge in [-0.1, -0.05) is 6.07 Å². The molecule has 0 aliphatic heterocycles. The molecule has 2 aromatic carbocycles. The molecular formula is C21H25N5O3S. The van der Waals surface area contributed by atoms with Crippen molar-refractivity contribution >= 4 is 21.6 Å². The van der Waals surface area contributed by atoms with Gasteiger partial charge in [0.2, 0.25) is 10.0 Å². The fourth-order valence-corrected chi connectivity index (χ4v) is 4.29. The number of aryl methyl sites for hydroxylation is 2. The number of rotatable bonds is 5. The van der Waals surface area contributed by atoms with Crippen LogP contribution in [-0.4, -0.2) is 35.0 Å². The summed E-state index contributed by atoms with van der Waals surface area (Å²) in [5.74, 6) is 0.904. The molecule has 0 aliphatic rings. The van der Waals surface area contributed by atoms with Gasteiger partial charge in [-0.25, -0.2) is 18.1 Å². The van der Waals surface area contributed by atoms with E-state index in [4.69, 9.17) is 0 Å². The average Bonchev–Trinajstić information content (AvgIpc) is 3.07. The molecule has 0 unspecified atom stereocenters. The molecule has 1 heterocycles. The molecule has 1 aromatic heterocycles. The normalized spacial score (nSPS) is 12.0. The third-order valence-electron chi connectivity index (χ3n) is 4.20. The van der Waals surface area contributed by atoms with Gasteiger partial charge in [0, 0.05) is 22.4 Å². The van der Waals surface area contributed by atoms with Crippen LogP contribution in [0.5, 0.6) is 0 Å². The van der Waals surface area contributed by atoms with E-state index < -0.39 is 15.6 Å². The molecule has 0 fully saturated rings. The highest BCUT2D eigenvalue weighted by Crippen LogP contribution is 2.21. The topological polar surface area (TPSA) is 117 Å². The van der Waals surface area contributed by atoms with Gasteiger partial charge in [-0.05, 0) is 76.6 Å². The number of hydrogen-bond donors (Lipinski definition) is 3. The summed E-state index contributed by atoms with van der Waals surface area (Å²) in [7, 11) is -3.74. The van der Waals surface area contributed by atoms with Gasteiger partial charge in [0.05, 0.1) is 4.90 Å². The minimum absolute atomic E-state index is 0.0449. The molecule has 0 saturated heterocycles. The molecule has 0 bridgehead atoms. The molecule has 3 rings (SSSR count). The van der Waals surface area contributed by atoms with Crippen molar-refractivity contribution in [3.05, 3.63) is 59.4 Å². The first kappa shape index (κ1) is 21.7. The van der Waals surface area contributed by atoms with E-state index in [1.54, 1.807) is 58.0 Å². The van der Waals surface area contributed by atoms with E-state index in [2.05, 4.69) is 25.2 Å². The smallest absolute Gasteiger partial charge is 0.255 e. The van der Waals surface area contributed by atoms with Crippen LogP contribution in [0.1, 0.15) is 42.5 Å². The van der Waals surface area contributed by atoms with Crippen molar-refractivity contribution < 1.29 is 13.2 Å². The van der Waals surface area contributed by atoms with Crippen LogP contribution in [0, 0.1) is 13.8 Å². The van der Waals surface area contributed by atoms with E-state index in [1.165, 1.54) is 12.1 Å². The number of amides is 1. The second-order valence-corrected chi connectivity index (χ2v) is 9.79. The summed E-state index contributed by atoms with van der Waals surface area (Å²) >= 11 is 0. The highest BCUT2D eigenvalue weighted by atomic mass is 32.2. The highest BCUT2D eigenvalue weighted by Gasteiger charge is 2.23. The minimum atomic E-state index is -3.74. The second kappa shape index (κ2) is 8.00. The van der Waals surface area contributed by atoms with Crippen molar-refractivity contribution in [1.29, 1.82) is 0 Å². The molecule has 3 aromatic rings. The van der Waals surface area contributed by atoms with Crippen LogP contribution in [0.25, 0.3) is 11.4 Å². The van der Waals surface area contributed by atoms with Crippen LogP contribution >= 0.6 is 0 Å². The Balaban J connectivity index is 1.81. The van der Waals surface area contributed by atoms with E-state index in [0.717, 1.165) is 5.56 Å². The third-order valence-corrected chi connectivity index (χ3v) is 5.96. The summed E-state index contributed by atoms with van der Waals surface area (Å²) < 4.78 is 27.8. The van der Waals surface area contributed by atoms with Crippen LogP contribution in [-0.2, 0) is 10.0 Å². The van der Waals surface area contributed by atoms with E-state index in [1.807, 2.05) is 6.92 Å². The number of carbonyl (C=O) groups excluding carboxylic acids is 1. The molecule has 30 heavy (non-hydrogen) atoms. The summed E-state index contributed by atoms with van der Waals surface area (Å²) in [5.41, 5.74) is 1.73. The number of aromatic amines is 1. The Morgan fingerprint density at radius 1 is 1.03 bits per heavy atom. The molecule has 0 atom stereocenters. The number of H-pyrrole nitrogens is 1. The Bertz CT molecular complexity index is 1180. The van der Waals surface area contributed by atoms with E-state index in [0.29, 0.717) is 28.5 Å². The second-order valence-electron chi connectivity index (χ2n) is 8.11. The lowest BCUT2D eigenvalue weighted by Gasteiger charge is -2.20. The van der Waals surface area contributed by atoms with Gasteiger partial charge >= 0.3 is 0 Å². The number of aromatic nitrogens is 3. The zero-order chi connectivity index (χ0) is 22.1. The molecule has 0 spiro atoms. The van der Waals surface area contributed by atoms with E-state index >= 15 is 0 Å². The van der Waals surface area contributed by atoms with Crippen LogP contribution in [0.4, 0.5) is 5.69 Å². The van der Waals surface area contributed by atoms with Gasteiger partial charge in [0.15, 0.2) is 5.82 Å². The highest BCUT2D eigenvalue weighted by molar-refractivity contribution is 7.89. The number of nitrogens with zero attached hydrogens (tertiary/aromatic N) is 2. The minimum Gasteiger partial charge on any atom is -0.322 e. The quantitative estimate of drug-likeness (QED) is 0.577. The van der Waals surface area contributed by atoms with Crippen LogP contribution in [0.2, 0.25) is 0 Å². The summed E-state index contributed by atoms with van der Waals surface area (Å²) in [5, 5.41) is 9.70. The standard InChI is InChI=1S/C21H25N5O3S/c1-13-6-11-17(30(28,29)26-21(3,4)5)12-18(13)20(27)23-16-9-7-15(8-10-16)19-22-14(2)24-25-19/h6-12,26H,1-5H3,(H,23,27)(H,22,24,25). The van der Waals surface area contributed by atoms with Crippen molar-refractivity contribution in [1.82, 2.24) is 19.9 Å². The summed E-state index contributed by atoms with van der Waals surface area (Å²) in [4.78, 5) is 17.1. The predicted octanol–water partition coefficient (Wildman–Crippen LogP) is 3.42. The van der Waals surface area contributed by atoms with Gasteiger partial charge < -0.3 is 5.32 Å². The number of nitrogens with one attached hydrogen (secondary N) is 3. The Labute approximate surface area is 176 Å². The Hall–Kier alpha value is -3.04. The molecule has 0 radical (unpaired) electrons. The maximum Gasteiger partial charge on any atom is 0.255 e. The molecule has 158 valence electrons. The molecule has 9 heteroatoms. The maximum atomic E-state index is 12.8. The molecule has 8 nitrogen and oxygen atoms in total. The van der Waals surface area contributed by atoms with Gasteiger partial charge in [0.25, 0.3) is 5.91 Å². The summed E-state index contributed by atoms with van der Waals surface area (Å²) in [6.45, 7) is 8.86. The van der Waals surface area contributed by atoms with Gasteiger partial charge in [-0.15, -0.1) is 0 Å². The van der Waals surface area contributed by atoms with Crippen LogP contribution < -0.4 is 10.0 Å². The number of carbonyl (C=O) groups is 1. The lowest BCUT2D eigenvalue weighted by Crippen LogP contribution is -2.40. The SMILES string of the molecule is Cc1nc(-c2ccc(NC(=O)c3cc(S(=O)(=O)NC(C)(C)C)ccc3C)cc2)n[nH]1. The fourth-order valence-electron chi connectivity index (χ4n) is 2.85. The Morgan fingerprint density at radius 2 is 1.70 bits per heavy atom. The molecule has 0 aliphatic carbocycles. The first-order valence-electron chi connectivity index (χ1n) is 9.40. The molecule has 0 saturated carbocycles. The first-order valence-corrected chi connectivity index (χ1v) is 10.9. The molecular weight excluding hydrogens is 402 g/mol. The Morgan fingerprint density at radius 3 is 2.27 bits per heavy atom. The van der Waals surface area contributed by atoms with Crippen molar-refractivity contribution in [2.45, 2.75) is 45.1 Å². The zero-order valence-corrected chi connectivity index (χ0v) is 18.4. The predicted molar refractivity (Wildman–Crippen MR) is 116 cm³/mol. The monoisotopic (exact) mass is 427 g/mol. The van der Waals surface area contributed by atoms with Crippen molar-refractivity contribution in [3.63, 3.8) is 0 Å². The number of hydrogen-bond acceptors (Lipinski definition) is 5. The molecule has 3 N–H and O–H groups in total. The van der Waals surface area contributed by atoms with Crippen LogP contribution in [0.3, 0.4) is 0 Å². The van der Waals surface area contributed by atoms with Gasteiger partial charge in [0.1, 0.15) is 5.82 Å². The van der Waals surface area contributed by atoms with Crippen LogP contribution in [0.15, 0.2) is 47.4 Å². The van der Waals surface area contributed by atoms with E-state index in [-0.39, 0.29) is 10.8 Å². The van der Waals surface area contributed by atoms with Gasteiger partial charge in [-0.3, -0.25) is 9.89 Å². The van der Waals surface area contributed by atoms with Crippen molar-refractivity contribution in [2.24, 2.45) is 0 Å². The fraction of sp³-hybridized carbons (Fsp3) is 0.286. The Kier molecular flexibility index (Phi) is 5.78. The summed E-state index contributed by atoms with van der Waals surface area (Å²) in [6, 6.07) is 11.6.